The van der Waals surface area contributed by atoms with Gasteiger partial charge in [0.25, 0.3) is 5.91 Å². The predicted molar refractivity (Wildman–Crippen MR) is 138 cm³/mol. The quantitative estimate of drug-likeness (QED) is 0.278. The third-order valence-corrected chi connectivity index (χ3v) is 5.71. The maximum atomic E-state index is 12.9. The van der Waals surface area contributed by atoms with Crippen LogP contribution in [-0.4, -0.2) is 25.1 Å². The van der Waals surface area contributed by atoms with Crippen molar-refractivity contribution in [3.05, 3.63) is 107 Å². The van der Waals surface area contributed by atoms with Gasteiger partial charge in [-0.25, -0.2) is 0 Å². The van der Waals surface area contributed by atoms with Crippen molar-refractivity contribution in [3.63, 3.8) is 0 Å². The highest BCUT2D eigenvalue weighted by atomic mass is 35.5. The Morgan fingerprint density at radius 1 is 0.778 bits per heavy atom. The molecule has 1 aromatic heterocycles. The third-order valence-electron chi connectivity index (χ3n) is 5.34. The minimum atomic E-state index is -0.373. The molecule has 1 heterocycles. The summed E-state index contributed by atoms with van der Waals surface area (Å²) in [6.07, 6.45) is 3.19. The molecule has 0 aliphatic heterocycles. The fourth-order valence-electron chi connectivity index (χ4n) is 3.36. The summed E-state index contributed by atoms with van der Waals surface area (Å²) < 4.78 is 22.5. The summed E-state index contributed by atoms with van der Waals surface area (Å²) in [5, 5.41) is 2.97. The number of ether oxygens (including phenoxy) is 4. The van der Waals surface area contributed by atoms with Crippen LogP contribution in [0.1, 0.15) is 21.5 Å². The van der Waals surface area contributed by atoms with Crippen LogP contribution in [0, 0.1) is 0 Å². The van der Waals surface area contributed by atoms with Gasteiger partial charge in [-0.05, 0) is 59.7 Å². The van der Waals surface area contributed by atoms with Crippen molar-refractivity contribution in [2.45, 2.75) is 13.2 Å². The van der Waals surface area contributed by atoms with E-state index in [1.165, 1.54) is 0 Å². The second-order valence-electron chi connectivity index (χ2n) is 7.72. The molecule has 0 atom stereocenters. The highest BCUT2D eigenvalue weighted by Crippen LogP contribution is 2.39. The van der Waals surface area contributed by atoms with Crippen LogP contribution < -0.4 is 24.3 Å². The van der Waals surface area contributed by atoms with Gasteiger partial charge in [0, 0.05) is 18.1 Å². The van der Waals surface area contributed by atoms with Crippen LogP contribution in [0.3, 0.4) is 0 Å². The molecule has 4 aromatic rings. The Morgan fingerprint density at radius 3 is 1.89 bits per heavy atom. The molecule has 0 saturated carbocycles. The van der Waals surface area contributed by atoms with Crippen molar-refractivity contribution in [2.24, 2.45) is 0 Å². The molecule has 0 aliphatic rings. The lowest BCUT2D eigenvalue weighted by Crippen LogP contribution is -2.13. The third kappa shape index (κ3) is 6.25. The maximum absolute atomic E-state index is 12.9. The molecular formula is C28H25ClN2O5. The lowest BCUT2D eigenvalue weighted by atomic mass is 10.1. The predicted octanol–water partition coefficient (Wildman–Crippen LogP) is 6.16. The number of benzene rings is 3. The fourth-order valence-corrected chi connectivity index (χ4v) is 3.65. The molecule has 0 unspecified atom stereocenters. The summed E-state index contributed by atoms with van der Waals surface area (Å²) in [6, 6.07) is 21.7. The van der Waals surface area contributed by atoms with Gasteiger partial charge in [-0.15, -0.1) is 0 Å². The van der Waals surface area contributed by atoms with Gasteiger partial charge < -0.3 is 24.3 Å². The molecule has 0 spiro atoms. The number of amides is 1. The van der Waals surface area contributed by atoms with Crippen molar-refractivity contribution in [3.8, 4) is 23.0 Å². The van der Waals surface area contributed by atoms with Crippen molar-refractivity contribution in [2.75, 3.05) is 19.5 Å². The number of hydrogen-bond donors (Lipinski definition) is 1. The zero-order chi connectivity index (χ0) is 25.3. The second kappa shape index (κ2) is 12.0. The standard InChI is InChI=1S/C28H25ClN2O5/c1-33-22-7-3-19(4-8-22)17-35-25-12-11-24(28(32)31-21-13-15-30-16-14-21)26(29)27(25)36-18-20-5-9-23(34-2)10-6-20/h3-16H,17-18H2,1-2H3,(H,30,31,32). The van der Waals surface area contributed by atoms with Crippen LogP contribution in [-0.2, 0) is 13.2 Å². The largest absolute Gasteiger partial charge is 0.497 e. The van der Waals surface area contributed by atoms with Gasteiger partial charge >= 0.3 is 0 Å². The van der Waals surface area contributed by atoms with E-state index in [1.807, 2.05) is 48.5 Å². The van der Waals surface area contributed by atoms with E-state index in [0.717, 1.165) is 22.6 Å². The Labute approximate surface area is 214 Å². The van der Waals surface area contributed by atoms with E-state index < -0.39 is 0 Å². The number of aromatic nitrogens is 1. The first kappa shape index (κ1) is 24.9. The molecule has 4 rings (SSSR count). The number of methoxy groups -OCH3 is 2. The van der Waals surface area contributed by atoms with Crippen LogP contribution >= 0.6 is 11.6 Å². The monoisotopic (exact) mass is 504 g/mol. The molecule has 184 valence electrons. The summed E-state index contributed by atoms with van der Waals surface area (Å²) in [5.74, 6) is 1.83. The second-order valence-corrected chi connectivity index (χ2v) is 8.10. The minimum absolute atomic E-state index is 0.155. The first-order valence-corrected chi connectivity index (χ1v) is 11.5. The van der Waals surface area contributed by atoms with Gasteiger partial charge in [0.2, 0.25) is 0 Å². The number of nitrogens with one attached hydrogen (secondary N) is 1. The fraction of sp³-hybridized carbons (Fsp3) is 0.143. The van der Waals surface area contributed by atoms with Gasteiger partial charge in [0.05, 0.1) is 24.8 Å². The zero-order valence-electron chi connectivity index (χ0n) is 19.9. The topological polar surface area (TPSA) is 78.9 Å². The summed E-state index contributed by atoms with van der Waals surface area (Å²) in [6.45, 7) is 0.500. The van der Waals surface area contributed by atoms with Crippen LogP contribution in [0.4, 0.5) is 5.69 Å². The Bertz CT molecular complexity index is 1300. The average Bonchev–Trinajstić information content (AvgIpc) is 2.92. The van der Waals surface area contributed by atoms with E-state index in [-0.39, 0.29) is 35.5 Å². The number of carbonyl (C=O) groups excluding carboxylic acids is 1. The van der Waals surface area contributed by atoms with Crippen LogP contribution in [0.5, 0.6) is 23.0 Å². The molecule has 7 nitrogen and oxygen atoms in total. The van der Waals surface area contributed by atoms with Crippen molar-refractivity contribution >= 4 is 23.2 Å². The molecule has 0 radical (unpaired) electrons. The van der Waals surface area contributed by atoms with Gasteiger partial charge in [-0.2, -0.15) is 0 Å². The van der Waals surface area contributed by atoms with E-state index in [0.29, 0.717) is 11.4 Å². The molecular weight excluding hydrogens is 480 g/mol. The lowest BCUT2D eigenvalue weighted by molar-refractivity contribution is 0.102. The molecule has 8 heteroatoms. The van der Waals surface area contributed by atoms with E-state index in [9.17, 15) is 4.79 Å². The molecule has 1 N–H and O–H groups in total. The number of halogens is 1. The van der Waals surface area contributed by atoms with Gasteiger partial charge in [0.1, 0.15) is 24.7 Å². The summed E-state index contributed by atoms with van der Waals surface area (Å²) >= 11 is 6.70. The van der Waals surface area contributed by atoms with E-state index in [2.05, 4.69) is 10.3 Å². The smallest absolute Gasteiger partial charge is 0.257 e. The molecule has 0 aliphatic carbocycles. The summed E-state index contributed by atoms with van der Waals surface area (Å²) in [7, 11) is 3.23. The van der Waals surface area contributed by atoms with Crippen molar-refractivity contribution in [1.29, 1.82) is 0 Å². The number of carbonyl (C=O) groups is 1. The number of hydrogen-bond acceptors (Lipinski definition) is 6. The Hall–Kier alpha value is -4.23. The van der Waals surface area contributed by atoms with Gasteiger partial charge in [0.15, 0.2) is 11.5 Å². The van der Waals surface area contributed by atoms with Gasteiger partial charge in [-0.3, -0.25) is 9.78 Å². The average molecular weight is 505 g/mol. The van der Waals surface area contributed by atoms with E-state index in [1.54, 1.807) is 50.9 Å². The number of anilines is 1. The first-order chi connectivity index (χ1) is 17.6. The van der Waals surface area contributed by atoms with E-state index in [4.69, 9.17) is 30.5 Å². The zero-order valence-corrected chi connectivity index (χ0v) is 20.6. The van der Waals surface area contributed by atoms with Crippen LogP contribution in [0.2, 0.25) is 5.02 Å². The number of nitrogens with zero attached hydrogens (tertiary/aromatic N) is 1. The Kier molecular flexibility index (Phi) is 8.26. The summed E-state index contributed by atoms with van der Waals surface area (Å²) in [4.78, 5) is 16.9. The maximum Gasteiger partial charge on any atom is 0.257 e. The molecule has 36 heavy (non-hydrogen) atoms. The van der Waals surface area contributed by atoms with Crippen molar-refractivity contribution in [1.82, 2.24) is 4.98 Å². The number of pyridine rings is 1. The molecule has 0 bridgehead atoms. The highest BCUT2D eigenvalue weighted by Gasteiger charge is 2.20. The summed E-state index contributed by atoms with van der Waals surface area (Å²) in [5.41, 5.74) is 2.70. The van der Waals surface area contributed by atoms with Gasteiger partial charge in [-0.1, -0.05) is 35.9 Å². The molecule has 1 amide bonds. The molecule has 0 saturated heterocycles. The SMILES string of the molecule is COc1ccc(COc2ccc(C(=O)Nc3ccncc3)c(Cl)c2OCc2ccc(OC)cc2)cc1. The van der Waals surface area contributed by atoms with Crippen LogP contribution in [0.15, 0.2) is 85.2 Å². The lowest BCUT2D eigenvalue weighted by Gasteiger charge is -2.17. The van der Waals surface area contributed by atoms with Crippen molar-refractivity contribution < 1.29 is 23.7 Å². The Balaban J connectivity index is 1.57. The van der Waals surface area contributed by atoms with Crippen LogP contribution in [0.25, 0.3) is 0 Å². The minimum Gasteiger partial charge on any atom is -0.497 e. The highest BCUT2D eigenvalue weighted by molar-refractivity contribution is 6.36. The molecule has 3 aromatic carbocycles. The Morgan fingerprint density at radius 2 is 1.33 bits per heavy atom. The number of rotatable bonds is 10. The first-order valence-electron chi connectivity index (χ1n) is 11.1. The normalized spacial score (nSPS) is 10.4. The molecule has 0 fully saturated rings. The van der Waals surface area contributed by atoms with E-state index >= 15 is 0 Å².